The SMILES string of the molecule is Nc1sccc1-c1nc(C2CC2)no1. The van der Waals surface area contributed by atoms with Crippen LogP contribution in [0.2, 0.25) is 0 Å². The lowest BCUT2D eigenvalue weighted by molar-refractivity contribution is 0.423. The Morgan fingerprint density at radius 3 is 3.00 bits per heavy atom. The highest BCUT2D eigenvalue weighted by molar-refractivity contribution is 7.14. The topological polar surface area (TPSA) is 64.9 Å². The summed E-state index contributed by atoms with van der Waals surface area (Å²) in [5.41, 5.74) is 6.62. The van der Waals surface area contributed by atoms with Crippen molar-refractivity contribution in [2.75, 3.05) is 5.73 Å². The van der Waals surface area contributed by atoms with Crippen LogP contribution in [-0.4, -0.2) is 10.1 Å². The van der Waals surface area contributed by atoms with E-state index in [1.54, 1.807) is 0 Å². The van der Waals surface area contributed by atoms with Crippen LogP contribution in [0.3, 0.4) is 0 Å². The van der Waals surface area contributed by atoms with E-state index in [1.807, 2.05) is 11.4 Å². The molecule has 0 aliphatic heterocycles. The van der Waals surface area contributed by atoms with Crippen molar-refractivity contribution in [3.05, 3.63) is 17.3 Å². The molecule has 3 rings (SSSR count). The van der Waals surface area contributed by atoms with Crippen LogP contribution >= 0.6 is 11.3 Å². The fraction of sp³-hybridized carbons (Fsp3) is 0.333. The summed E-state index contributed by atoms with van der Waals surface area (Å²) in [4.78, 5) is 4.32. The van der Waals surface area contributed by atoms with Crippen molar-refractivity contribution in [2.45, 2.75) is 18.8 Å². The summed E-state index contributed by atoms with van der Waals surface area (Å²) in [6, 6.07) is 1.91. The Morgan fingerprint density at radius 1 is 1.50 bits per heavy atom. The van der Waals surface area contributed by atoms with Gasteiger partial charge < -0.3 is 10.3 Å². The molecule has 0 atom stereocenters. The molecule has 1 aliphatic rings. The Morgan fingerprint density at radius 2 is 2.36 bits per heavy atom. The third-order valence-electron chi connectivity index (χ3n) is 2.31. The van der Waals surface area contributed by atoms with Gasteiger partial charge in [-0.1, -0.05) is 5.16 Å². The summed E-state index contributed by atoms with van der Waals surface area (Å²) in [6.45, 7) is 0. The zero-order valence-corrected chi connectivity index (χ0v) is 8.25. The van der Waals surface area contributed by atoms with Gasteiger partial charge in [-0.15, -0.1) is 11.3 Å². The first kappa shape index (κ1) is 7.99. The minimum absolute atomic E-state index is 0.521. The predicted octanol–water partition coefficient (Wildman–Crippen LogP) is 2.26. The normalized spacial score (nSPS) is 16.0. The molecule has 2 aromatic rings. The van der Waals surface area contributed by atoms with Crippen LogP contribution in [0.25, 0.3) is 11.5 Å². The van der Waals surface area contributed by atoms with Gasteiger partial charge in [0, 0.05) is 5.92 Å². The second kappa shape index (κ2) is 2.81. The molecule has 0 amide bonds. The molecular formula is C9H9N3OS. The number of hydrogen-bond donors (Lipinski definition) is 1. The molecule has 14 heavy (non-hydrogen) atoms. The van der Waals surface area contributed by atoms with Crippen molar-refractivity contribution in [3.63, 3.8) is 0 Å². The van der Waals surface area contributed by atoms with Crippen molar-refractivity contribution in [2.24, 2.45) is 0 Å². The fourth-order valence-corrected chi connectivity index (χ4v) is 1.98. The van der Waals surface area contributed by atoms with E-state index in [-0.39, 0.29) is 0 Å². The predicted molar refractivity (Wildman–Crippen MR) is 54.0 cm³/mol. The molecule has 0 spiro atoms. The summed E-state index contributed by atoms with van der Waals surface area (Å²) in [5, 5.41) is 6.59. The summed E-state index contributed by atoms with van der Waals surface area (Å²) >= 11 is 1.48. The van der Waals surface area contributed by atoms with Crippen molar-refractivity contribution in [3.8, 4) is 11.5 Å². The molecule has 0 unspecified atom stereocenters. The van der Waals surface area contributed by atoms with E-state index in [1.165, 1.54) is 24.2 Å². The molecule has 1 saturated carbocycles. The lowest BCUT2D eigenvalue weighted by atomic mass is 10.3. The Balaban J connectivity index is 1.99. The molecule has 1 aliphatic carbocycles. The summed E-state index contributed by atoms with van der Waals surface area (Å²) < 4.78 is 5.16. The molecule has 72 valence electrons. The van der Waals surface area contributed by atoms with Crippen LogP contribution in [0.15, 0.2) is 16.0 Å². The first-order valence-electron chi connectivity index (χ1n) is 4.51. The quantitative estimate of drug-likeness (QED) is 0.820. The average molecular weight is 207 g/mol. The second-order valence-electron chi connectivity index (χ2n) is 3.43. The highest BCUT2D eigenvalue weighted by atomic mass is 32.1. The van der Waals surface area contributed by atoms with Gasteiger partial charge >= 0.3 is 0 Å². The smallest absolute Gasteiger partial charge is 0.260 e. The Kier molecular flexibility index (Phi) is 1.61. The maximum atomic E-state index is 5.76. The molecule has 2 heterocycles. The molecule has 4 nitrogen and oxygen atoms in total. The minimum Gasteiger partial charge on any atom is -0.390 e. The van der Waals surface area contributed by atoms with Crippen LogP contribution in [0.4, 0.5) is 5.00 Å². The monoisotopic (exact) mass is 207 g/mol. The third-order valence-corrected chi connectivity index (χ3v) is 3.06. The van der Waals surface area contributed by atoms with E-state index >= 15 is 0 Å². The van der Waals surface area contributed by atoms with Crippen molar-refractivity contribution < 1.29 is 4.52 Å². The van der Waals surface area contributed by atoms with Gasteiger partial charge in [-0.2, -0.15) is 4.98 Å². The molecule has 5 heteroatoms. The molecular weight excluding hydrogens is 198 g/mol. The van der Waals surface area contributed by atoms with Gasteiger partial charge in [0.15, 0.2) is 5.82 Å². The molecule has 0 bridgehead atoms. The van der Waals surface area contributed by atoms with Crippen LogP contribution in [-0.2, 0) is 0 Å². The number of thiophene rings is 1. The summed E-state index contributed by atoms with van der Waals surface area (Å²) in [6.07, 6.45) is 2.36. The maximum absolute atomic E-state index is 5.76. The Labute approximate surface area is 84.7 Å². The standard InChI is InChI=1S/C9H9N3OS/c10-7-6(3-4-14-7)9-11-8(12-13-9)5-1-2-5/h3-5H,1-2,10H2. The van der Waals surface area contributed by atoms with Gasteiger partial charge in [0.25, 0.3) is 5.89 Å². The maximum Gasteiger partial charge on any atom is 0.260 e. The number of hydrogen-bond acceptors (Lipinski definition) is 5. The molecule has 2 N–H and O–H groups in total. The number of nitrogens with two attached hydrogens (primary N) is 1. The second-order valence-corrected chi connectivity index (χ2v) is 4.38. The Bertz CT molecular complexity index is 458. The molecule has 0 saturated heterocycles. The lowest BCUT2D eigenvalue weighted by Gasteiger charge is -1.88. The van der Waals surface area contributed by atoms with Crippen LogP contribution in [0, 0.1) is 0 Å². The van der Waals surface area contributed by atoms with Gasteiger partial charge in [-0.25, -0.2) is 0 Å². The average Bonchev–Trinajstić information content (AvgIpc) is 2.75. The summed E-state index contributed by atoms with van der Waals surface area (Å²) in [7, 11) is 0. The lowest BCUT2D eigenvalue weighted by Crippen LogP contribution is -1.84. The highest BCUT2D eigenvalue weighted by Crippen LogP contribution is 2.39. The molecule has 0 radical (unpaired) electrons. The largest absolute Gasteiger partial charge is 0.390 e. The number of nitrogens with zero attached hydrogens (tertiary/aromatic N) is 2. The van der Waals surface area contributed by atoms with Crippen molar-refractivity contribution in [1.82, 2.24) is 10.1 Å². The van der Waals surface area contributed by atoms with Gasteiger partial charge in [0.2, 0.25) is 0 Å². The van der Waals surface area contributed by atoms with E-state index in [2.05, 4.69) is 10.1 Å². The molecule has 2 aromatic heterocycles. The van der Waals surface area contributed by atoms with E-state index in [4.69, 9.17) is 10.3 Å². The van der Waals surface area contributed by atoms with Gasteiger partial charge in [0.1, 0.15) is 0 Å². The van der Waals surface area contributed by atoms with Crippen LogP contribution < -0.4 is 5.73 Å². The number of aromatic nitrogens is 2. The van der Waals surface area contributed by atoms with Crippen LogP contribution in [0.5, 0.6) is 0 Å². The van der Waals surface area contributed by atoms with E-state index < -0.39 is 0 Å². The minimum atomic E-state index is 0.521. The highest BCUT2D eigenvalue weighted by Gasteiger charge is 2.29. The van der Waals surface area contributed by atoms with Gasteiger partial charge in [0.05, 0.1) is 10.6 Å². The first-order chi connectivity index (χ1) is 6.84. The number of anilines is 1. The summed E-state index contributed by atoms with van der Waals surface area (Å²) in [5.74, 6) is 1.89. The van der Waals surface area contributed by atoms with E-state index in [9.17, 15) is 0 Å². The van der Waals surface area contributed by atoms with Crippen molar-refractivity contribution in [1.29, 1.82) is 0 Å². The Hall–Kier alpha value is -1.36. The zero-order chi connectivity index (χ0) is 9.54. The fourth-order valence-electron chi connectivity index (χ4n) is 1.35. The van der Waals surface area contributed by atoms with Gasteiger partial charge in [-0.3, -0.25) is 0 Å². The van der Waals surface area contributed by atoms with Crippen molar-refractivity contribution >= 4 is 16.3 Å². The van der Waals surface area contributed by atoms with E-state index in [0.29, 0.717) is 11.8 Å². The first-order valence-corrected chi connectivity index (χ1v) is 5.39. The third kappa shape index (κ3) is 1.21. The van der Waals surface area contributed by atoms with Crippen LogP contribution in [0.1, 0.15) is 24.6 Å². The van der Waals surface area contributed by atoms with Gasteiger partial charge in [-0.05, 0) is 24.3 Å². The van der Waals surface area contributed by atoms with E-state index in [0.717, 1.165) is 16.4 Å². The number of nitrogen functional groups attached to an aromatic ring is 1. The molecule has 1 fully saturated rings. The zero-order valence-electron chi connectivity index (χ0n) is 7.43. The molecule has 0 aromatic carbocycles. The number of rotatable bonds is 2.